The van der Waals surface area contributed by atoms with Crippen LogP contribution in [0.2, 0.25) is 0 Å². The van der Waals surface area contributed by atoms with Crippen LogP contribution in [0.15, 0.2) is 12.3 Å². The summed E-state index contributed by atoms with van der Waals surface area (Å²) in [5, 5.41) is 2.46. The number of halogens is 1. The van der Waals surface area contributed by atoms with E-state index in [2.05, 4.69) is 10.3 Å². The molecule has 1 amide bonds. The number of hydrogen-bond acceptors (Lipinski definition) is 4. The van der Waals surface area contributed by atoms with E-state index in [4.69, 9.17) is 4.74 Å². The van der Waals surface area contributed by atoms with Crippen molar-refractivity contribution in [3.8, 4) is 0 Å². The molecule has 0 radical (unpaired) electrons. The second-order valence-corrected chi connectivity index (χ2v) is 6.11. The highest BCUT2D eigenvalue weighted by atomic mass is 19.1. The summed E-state index contributed by atoms with van der Waals surface area (Å²) < 4.78 is 18.5. The zero-order valence-electron chi connectivity index (χ0n) is 13.5. The summed E-state index contributed by atoms with van der Waals surface area (Å²) in [4.78, 5) is 27.5. The number of pyridine rings is 1. The first-order valence-electron chi connectivity index (χ1n) is 7.37. The lowest BCUT2D eigenvalue weighted by Crippen LogP contribution is -2.28. The number of rotatable bonds is 6. The fourth-order valence-corrected chi connectivity index (χ4v) is 1.80. The lowest BCUT2D eigenvalue weighted by Gasteiger charge is -2.20. The second kappa shape index (κ2) is 7.87. The zero-order chi connectivity index (χ0) is 16.8. The van der Waals surface area contributed by atoms with Crippen molar-refractivity contribution in [1.82, 2.24) is 4.98 Å². The van der Waals surface area contributed by atoms with Gasteiger partial charge in [-0.25, -0.2) is 14.2 Å². The van der Waals surface area contributed by atoms with Gasteiger partial charge in [-0.2, -0.15) is 0 Å². The van der Waals surface area contributed by atoms with Crippen LogP contribution in [0.25, 0.3) is 0 Å². The predicted molar refractivity (Wildman–Crippen MR) is 82.3 cm³/mol. The largest absolute Gasteiger partial charge is 0.444 e. The van der Waals surface area contributed by atoms with Crippen LogP contribution in [0.4, 0.5) is 15.0 Å². The molecule has 22 heavy (non-hydrogen) atoms. The first-order valence-corrected chi connectivity index (χ1v) is 7.37. The van der Waals surface area contributed by atoms with Crippen LogP contribution in [-0.4, -0.2) is 22.5 Å². The summed E-state index contributed by atoms with van der Waals surface area (Å²) in [6.45, 7) is 7.20. The molecule has 0 aliphatic carbocycles. The molecule has 122 valence electrons. The number of aromatic nitrogens is 1. The van der Waals surface area contributed by atoms with Gasteiger partial charge in [-0.3, -0.25) is 10.1 Å². The Morgan fingerprint density at radius 1 is 1.36 bits per heavy atom. The van der Waals surface area contributed by atoms with E-state index in [1.54, 1.807) is 20.8 Å². The number of hydrogen-bond donors (Lipinski definition) is 1. The SMILES string of the molecule is CCCCC(=O)Cc1cc(F)cnc1NC(=O)OC(C)(C)C. The molecule has 0 aromatic carbocycles. The van der Waals surface area contributed by atoms with E-state index in [0.717, 1.165) is 19.0 Å². The minimum absolute atomic E-state index is 0.0125. The molecule has 0 atom stereocenters. The van der Waals surface area contributed by atoms with Crippen molar-refractivity contribution in [2.45, 2.75) is 59.0 Å². The number of anilines is 1. The smallest absolute Gasteiger partial charge is 0.413 e. The number of nitrogens with one attached hydrogen (secondary N) is 1. The van der Waals surface area contributed by atoms with Crippen LogP contribution in [0.1, 0.15) is 52.5 Å². The zero-order valence-corrected chi connectivity index (χ0v) is 13.5. The molecule has 0 unspecified atom stereocenters. The molecule has 1 N–H and O–H groups in total. The standard InChI is InChI=1S/C16H23FN2O3/c1-5-6-7-13(20)9-11-8-12(17)10-18-14(11)19-15(21)22-16(2,3)4/h8,10H,5-7,9H2,1-4H3,(H,18,19,21). The van der Waals surface area contributed by atoms with Crippen molar-refractivity contribution in [3.63, 3.8) is 0 Å². The fourth-order valence-electron chi connectivity index (χ4n) is 1.80. The summed E-state index contributed by atoms with van der Waals surface area (Å²) in [5.41, 5.74) is -0.298. The third-order valence-electron chi connectivity index (χ3n) is 2.75. The van der Waals surface area contributed by atoms with Crippen molar-refractivity contribution in [2.24, 2.45) is 0 Å². The van der Waals surface area contributed by atoms with Gasteiger partial charge in [0, 0.05) is 18.4 Å². The third-order valence-corrected chi connectivity index (χ3v) is 2.75. The van der Waals surface area contributed by atoms with E-state index in [-0.39, 0.29) is 18.0 Å². The number of unbranched alkanes of at least 4 members (excludes halogenated alkanes) is 1. The average Bonchev–Trinajstić information content (AvgIpc) is 2.37. The molecule has 1 heterocycles. The van der Waals surface area contributed by atoms with E-state index in [1.165, 1.54) is 6.07 Å². The number of carbonyl (C=O) groups excluding carboxylic acids is 2. The van der Waals surface area contributed by atoms with E-state index in [1.807, 2.05) is 6.92 Å². The molecule has 0 aliphatic heterocycles. The van der Waals surface area contributed by atoms with Gasteiger partial charge in [-0.05, 0) is 33.3 Å². The molecule has 1 aromatic heterocycles. The fraction of sp³-hybridized carbons (Fsp3) is 0.562. The molecule has 0 saturated carbocycles. The number of ether oxygens (including phenoxy) is 1. The molecule has 5 nitrogen and oxygen atoms in total. The Kier molecular flexibility index (Phi) is 6.46. The summed E-state index contributed by atoms with van der Waals surface area (Å²) >= 11 is 0. The number of Topliss-reactive ketones (excluding diaryl/α,β-unsaturated/α-hetero) is 1. The van der Waals surface area contributed by atoms with Crippen LogP contribution in [0, 0.1) is 5.82 Å². The number of nitrogens with zero attached hydrogens (tertiary/aromatic N) is 1. The summed E-state index contributed by atoms with van der Waals surface area (Å²) in [7, 11) is 0. The van der Waals surface area contributed by atoms with Crippen LogP contribution in [0.3, 0.4) is 0 Å². The highest BCUT2D eigenvalue weighted by molar-refractivity contribution is 5.87. The van der Waals surface area contributed by atoms with E-state index < -0.39 is 17.5 Å². The number of carbonyl (C=O) groups is 2. The average molecular weight is 310 g/mol. The summed E-state index contributed by atoms with van der Waals surface area (Å²) in [6, 6.07) is 1.21. The quantitative estimate of drug-likeness (QED) is 0.866. The van der Waals surface area contributed by atoms with Crippen molar-refractivity contribution >= 4 is 17.7 Å². The molecule has 1 aromatic rings. The van der Waals surface area contributed by atoms with E-state index in [0.29, 0.717) is 12.0 Å². The van der Waals surface area contributed by atoms with Gasteiger partial charge >= 0.3 is 6.09 Å². The van der Waals surface area contributed by atoms with Crippen LogP contribution >= 0.6 is 0 Å². The summed E-state index contributed by atoms with van der Waals surface area (Å²) in [6.07, 6.45) is 2.47. The maximum absolute atomic E-state index is 13.3. The van der Waals surface area contributed by atoms with Crippen molar-refractivity contribution in [1.29, 1.82) is 0 Å². The Morgan fingerprint density at radius 2 is 2.05 bits per heavy atom. The topological polar surface area (TPSA) is 68.3 Å². The van der Waals surface area contributed by atoms with Crippen molar-refractivity contribution in [2.75, 3.05) is 5.32 Å². The lowest BCUT2D eigenvalue weighted by molar-refractivity contribution is -0.118. The van der Waals surface area contributed by atoms with Gasteiger partial charge in [0.05, 0.1) is 6.20 Å². The van der Waals surface area contributed by atoms with Gasteiger partial charge < -0.3 is 4.74 Å². The summed E-state index contributed by atoms with van der Waals surface area (Å²) in [5.74, 6) is -0.407. The van der Waals surface area contributed by atoms with Gasteiger partial charge in [-0.1, -0.05) is 13.3 Å². The number of ketones is 1. The molecule has 0 fully saturated rings. The molecule has 1 rings (SSSR count). The highest BCUT2D eigenvalue weighted by Gasteiger charge is 2.18. The Bertz CT molecular complexity index is 539. The van der Waals surface area contributed by atoms with Crippen LogP contribution in [0.5, 0.6) is 0 Å². The normalized spacial score (nSPS) is 11.1. The molecular formula is C16H23FN2O3. The Morgan fingerprint density at radius 3 is 2.64 bits per heavy atom. The minimum Gasteiger partial charge on any atom is -0.444 e. The Balaban J connectivity index is 2.82. The second-order valence-electron chi connectivity index (χ2n) is 6.11. The van der Waals surface area contributed by atoms with Gasteiger partial charge in [-0.15, -0.1) is 0 Å². The molecule has 0 aliphatic rings. The van der Waals surface area contributed by atoms with Crippen molar-refractivity contribution < 1.29 is 18.7 Å². The van der Waals surface area contributed by atoms with Gasteiger partial charge in [0.25, 0.3) is 0 Å². The van der Waals surface area contributed by atoms with Gasteiger partial charge in [0.15, 0.2) is 0 Å². The van der Waals surface area contributed by atoms with Crippen LogP contribution in [-0.2, 0) is 16.0 Å². The van der Waals surface area contributed by atoms with Gasteiger partial charge in [0.1, 0.15) is 23.0 Å². The first kappa shape index (κ1) is 18.1. The van der Waals surface area contributed by atoms with Gasteiger partial charge in [0.2, 0.25) is 0 Å². The maximum atomic E-state index is 13.3. The minimum atomic E-state index is -0.686. The monoisotopic (exact) mass is 310 g/mol. The molecular weight excluding hydrogens is 287 g/mol. The Labute approximate surface area is 130 Å². The molecule has 6 heteroatoms. The van der Waals surface area contributed by atoms with Crippen molar-refractivity contribution in [3.05, 3.63) is 23.6 Å². The Hall–Kier alpha value is -1.98. The predicted octanol–water partition coefficient (Wildman–Crippen LogP) is 3.87. The molecule has 0 bridgehead atoms. The number of amides is 1. The first-order chi connectivity index (χ1) is 10.2. The maximum Gasteiger partial charge on any atom is 0.413 e. The lowest BCUT2D eigenvalue weighted by atomic mass is 10.1. The highest BCUT2D eigenvalue weighted by Crippen LogP contribution is 2.17. The van der Waals surface area contributed by atoms with E-state index in [9.17, 15) is 14.0 Å². The molecule has 0 spiro atoms. The molecule has 0 saturated heterocycles. The third kappa shape index (κ3) is 6.65. The van der Waals surface area contributed by atoms with Crippen LogP contribution < -0.4 is 5.32 Å². The van der Waals surface area contributed by atoms with E-state index >= 15 is 0 Å².